The number of fused-ring (bicyclic) bond motifs is 1. The van der Waals surface area contributed by atoms with Crippen molar-refractivity contribution < 1.29 is 9.84 Å². The van der Waals surface area contributed by atoms with Gasteiger partial charge in [0.1, 0.15) is 0 Å². The molecule has 0 bridgehead atoms. The van der Waals surface area contributed by atoms with Crippen molar-refractivity contribution in [1.82, 2.24) is 0 Å². The second-order valence-corrected chi connectivity index (χ2v) is 8.27. The number of aliphatic hydroxyl groups is 1. The molecule has 0 amide bonds. The molecule has 2 heteroatoms. The lowest BCUT2D eigenvalue weighted by Gasteiger charge is -2.58. The van der Waals surface area contributed by atoms with Crippen LogP contribution in [0.15, 0.2) is 12.2 Å². The number of allylic oxidation sites excluding steroid dienone is 1. The summed E-state index contributed by atoms with van der Waals surface area (Å²) in [6, 6.07) is 0. The van der Waals surface area contributed by atoms with Crippen molar-refractivity contribution in [2.75, 3.05) is 7.11 Å². The molecule has 2 saturated carbocycles. The molecule has 0 spiro atoms. The van der Waals surface area contributed by atoms with Crippen LogP contribution in [0.2, 0.25) is 0 Å². The van der Waals surface area contributed by atoms with Gasteiger partial charge in [-0.3, -0.25) is 0 Å². The van der Waals surface area contributed by atoms with Crippen LogP contribution in [0, 0.1) is 22.7 Å². The van der Waals surface area contributed by atoms with Crippen molar-refractivity contribution in [3.05, 3.63) is 12.2 Å². The maximum atomic E-state index is 9.59. The predicted molar refractivity (Wildman–Crippen MR) is 88.0 cm³/mol. The molecule has 2 fully saturated rings. The van der Waals surface area contributed by atoms with Gasteiger partial charge in [-0.1, -0.05) is 39.3 Å². The van der Waals surface area contributed by atoms with E-state index in [2.05, 4.69) is 27.4 Å². The molecule has 3 unspecified atom stereocenters. The molecule has 4 atom stereocenters. The highest BCUT2D eigenvalue weighted by atomic mass is 16.6. The van der Waals surface area contributed by atoms with E-state index in [9.17, 15) is 5.11 Å². The van der Waals surface area contributed by atoms with Crippen LogP contribution >= 0.6 is 0 Å². The summed E-state index contributed by atoms with van der Waals surface area (Å²) >= 11 is 0. The van der Waals surface area contributed by atoms with E-state index in [1.54, 1.807) is 7.11 Å². The second kappa shape index (κ2) is 6.42. The van der Waals surface area contributed by atoms with Gasteiger partial charge in [0.25, 0.3) is 0 Å². The van der Waals surface area contributed by atoms with Gasteiger partial charge in [-0.15, -0.1) is 0 Å². The summed E-state index contributed by atoms with van der Waals surface area (Å²) in [6.07, 6.45) is 8.90. The van der Waals surface area contributed by atoms with Crippen molar-refractivity contribution >= 4 is 0 Å². The predicted octanol–water partition coefficient (Wildman–Crippen LogP) is 4.92. The first-order valence-corrected chi connectivity index (χ1v) is 8.70. The van der Waals surface area contributed by atoms with Gasteiger partial charge in [0.05, 0.1) is 0 Å². The first-order valence-electron chi connectivity index (χ1n) is 8.70. The summed E-state index contributed by atoms with van der Waals surface area (Å²) in [5.41, 5.74) is 2.34. The Morgan fingerprint density at radius 2 is 2.05 bits per heavy atom. The van der Waals surface area contributed by atoms with Crippen LogP contribution in [0.4, 0.5) is 0 Å². The topological polar surface area (TPSA) is 29.5 Å². The summed E-state index contributed by atoms with van der Waals surface area (Å²) < 4.78 is 4.96. The molecule has 2 aliphatic rings. The molecule has 2 rings (SSSR count). The summed E-state index contributed by atoms with van der Waals surface area (Å²) in [6.45, 7) is 11.9. The molecule has 0 aromatic heterocycles. The van der Waals surface area contributed by atoms with Gasteiger partial charge in [-0.2, -0.15) is 0 Å². The van der Waals surface area contributed by atoms with E-state index in [0.29, 0.717) is 16.7 Å². The third-order valence-electron chi connectivity index (χ3n) is 6.53. The first-order chi connectivity index (χ1) is 9.81. The highest BCUT2D eigenvalue weighted by Gasteiger charge is 2.52. The second-order valence-electron chi connectivity index (χ2n) is 8.27. The van der Waals surface area contributed by atoms with Crippen molar-refractivity contribution in [2.24, 2.45) is 22.7 Å². The van der Waals surface area contributed by atoms with Gasteiger partial charge < -0.3 is 9.84 Å². The Labute approximate surface area is 131 Å². The molecular weight excluding hydrogens is 260 g/mol. The molecule has 122 valence electrons. The van der Waals surface area contributed by atoms with Crippen LogP contribution in [-0.2, 0) is 4.74 Å². The zero-order valence-corrected chi connectivity index (χ0v) is 14.5. The Balaban J connectivity index is 2.08. The molecule has 2 nitrogen and oxygen atoms in total. The number of hydrogen-bond donors (Lipinski definition) is 1. The SMILES string of the molecule is C=C1CCC2C(C)(C)CCCC2(C)C1CCC[C@H](O)OC. The minimum atomic E-state index is -0.603. The third kappa shape index (κ3) is 3.37. The van der Waals surface area contributed by atoms with Gasteiger partial charge in [0, 0.05) is 7.11 Å². The Morgan fingerprint density at radius 1 is 1.33 bits per heavy atom. The van der Waals surface area contributed by atoms with Crippen LogP contribution in [0.25, 0.3) is 0 Å². The number of ether oxygens (including phenoxy) is 1. The summed E-state index contributed by atoms with van der Waals surface area (Å²) in [5.74, 6) is 1.45. The Hall–Kier alpha value is -0.340. The number of rotatable bonds is 5. The molecule has 21 heavy (non-hydrogen) atoms. The van der Waals surface area contributed by atoms with Crippen molar-refractivity contribution in [3.63, 3.8) is 0 Å². The fraction of sp³-hybridized carbons (Fsp3) is 0.895. The number of methoxy groups -OCH3 is 1. The molecule has 0 aromatic carbocycles. The molecule has 0 aromatic rings. The van der Waals surface area contributed by atoms with Gasteiger partial charge in [0.15, 0.2) is 6.29 Å². The molecule has 0 radical (unpaired) electrons. The third-order valence-corrected chi connectivity index (χ3v) is 6.53. The van der Waals surface area contributed by atoms with Crippen LogP contribution in [-0.4, -0.2) is 18.5 Å². The summed E-state index contributed by atoms with van der Waals surface area (Å²) in [5, 5.41) is 9.59. The monoisotopic (exact) mass is 294 g/mol. The quantitative estimate of drug-likeness (QED) is 0.576. The lowest BCUT2D eigenvalue weighted by Crippen LogP contribution is -2.49. The maximum Gasteiger partial charge on any atom is 0.154 e. The summed E-state index contributed by atoms with van der Waals surface area (Å²) in [7, 11) is 1.57. The van der Waals surface area contributed by atoms with Crippen LogP contribution in [0.1, 0.15) is 72.1 Å². The number of aliphatic hydroxyl groups excluding tert-OH is 1. The Morgan fingerprint density at radius 3 is 2.71 bits per heavy atom. The van der Waals surface area contributed by atoms with E-state index in [-0.39, 0.29) is 0 Å². The molecule has 0 heterocycles. The Kier molecular flexibility index (Phi) is 5.20. The Bertz CT molecular complexity index is 374. The standard InChI is InChI=1S/C19H34O2/c1-14-10-11-16-18(2,3)12-7-13-19(16,4)15(14)8-6-9-17(20)21-5/h15-17,20H,1,6-13H2,2-5H3/t15?,16?,17-,19?/m1/s1. The van der Waals surface area contributed by atoms with E-state index in [1.165, 1.54) is 37.7 Å². The molecule has 0 saturated heterocycles. The number of hydrogen-bond acceptors (Lipinski definition) is 2. The molecule has 0 aliphatic heterocycles. The van der Waals surface area contributed by atoms with Crippen LogP contribution in [0.3, 0.4) is 0 Å². The van der Waals surface area contributed by atoms with Crippen molar-refractivity contribution in [2.45, 2.75) is 78.4 Å². The van der Waals surface area contributed by atoms with E-state index < -0.39 is 6.29 Å². The first kappa shape index (κ1) is 17.0. The average Bonchev–Trinajstić information content (AvgIpc) is 2.40. The van der Waals surface area contributed by atoms with E-state index in [4.69, 9.17) is 4.74 Å². The van der Waals surface area contributed by atoms with Gasteiger partial charge in [0.2, 0.25) is 0 Å². The minimum absolute atomic E-state index is 0.412. The molecule has 2 aliphatic carbocycles. The smallest absolute Gasteiger partial charge is 0.154 e. The molecule has 1 N–H and O–H groups in total. The lowest BCUT2D eigenvalue weighted by atomic mass is 9.47. The van der Waals surface area contributed by atoms with Crippen molar-refractivity contribution in [1.29, 1.82) is 0 Å². The largest absolute Gasteiger partial charge is 0.368 e. The fourth-order valence-electron chi connectivity index (χ4n) is 5.42. The van der Waals surface area contributed by atoms with Gasteiger partial charge in [-0.05, 0) is 67.6 Å². The zero-order chi connectivity index (χ0) is 15.7. The van der Waals surface area contributed by atoms with Gasteiger partial charge >= 0.3 is 0 Å². The van der Waals surface area contributed by atoms with Crippen LogP contribution in [0.5, 0.6) is 0 Å². The fourth-order valence-corrected chi connectivity index (χ4v) is 5.42. The van der Waals surface area contributed by atoms with Gasteiger partial charge in [-0.25, -0.2) is 0 Å². The van der Waals surface area contributed by atoms with E-state index in [0.717, 1.165) is 25.2 Å². The normalized spacial score (nSPS) is 37.1. The highest BCUT2D eigenvalue weighted by Crippen LogP contribution is 2.61. The highest BCUT2D eigenvalue weighted by molar-refractivity contribution is 5.15. The molecular formula is C19H34O2. The van der Waals surface area contributed by atoms with E-state index >= 15 is 0 Å². The van der Waals surface area contributed by atoms with Crippen LogP contribution < -0.4 is 0 Å². The van der Waals surface area contributed by atoms with Crippen molar-refractivity contribution in [3.8, 4) is 0 Å². The summed E-state index contributed by atoms with van der Waals surface area (Å²) in [4.78, 5) is 0. The lowest BCUT2D eigenvalue weighted by molar-refractivity contribution is -0.0841. The minimum Gasteiger partial charge on any atom is -0.368 e. The zero-order valence-electron chi connectivity index (χ0n) is 14.5. The maximum absolute atomic E-state index is 9.59. The van der Waals surface area contributed by atoms with E-state index in [1.807, 2.05) is 0 Å². The average molecular weight is 294 g/mol.